The second-order valence-electron chi connectivity index (χ2n) is 5.48. The van der Waals surface area contributed by atoms with Gasteiger partial charge in [-0.05, 0) is 49.7 Å². The summed E-state index contributed by atoms with van der Waals surface area (Å²) in [6.07, 6.45) is 2.51. The number of furan rings is 1. The SMILES string of the molecule is CCC(C)Oc1ccc(NC(=O)NCCNC(=O)c2ccco2)cc1. The van der Waals surface area contributed by atoms with Crippen LogP contribution in [0.3, 0.4) is 0 Å². The Bertz CT molecular complexity index is 668. The minimum absolute atomic E-state index is 0.151. The number of amides is 3. The van der Waals surface area contributed by atoms with Crippen LogP contribution in [0.2, 0.25) is 0 Å². The lowest BCUT2D eigenvalue weighted by Crippen LogP contribution is -2.36. The molecule has 3 amide bonds. The zero-order chi connectivity index (χ0) is 18.1. The highest BCUT2D eigenvalue weighted by Crippen LogP contribution is 2.17. The molecule has 0 spiro atoms. The maximum Gasteiger partial charge on any atom is 0.319 e. The number of rotatable bonds is 8. The Morgan fingerprint density at radius 2 is 1.84 bits per heavy atom. The quantitative estimate of drug-likeness (QED) is 0.641. The molecule has 1 unspecified atom stereocenters. The van der Waals surface area contributed by atoms with Crippen molar-refractivity contribution in [3.05, 3.63) is 48.4 Å². The van der Waals surface area contributed by atoms with E-state index in [2.05, 4.69) is 22.9 Å². The Labute approximate surface area is 146 Å². The lowest BCUT2D eigenvalue weighted by Gasteiger charge is -2.13. The Morgan fingerprint density at radius 1 is 1.12 bits per heavy atom. The molecule has 1 heterocycles. The molecule has 134 valence electrons. The van der Waals surface area contributed by atoms with Gasteiger partial charge < -0.3 is 25.1 Å². The fraction of sp³-hybridized carbons (Fsp3) is 0.333. The number of nitrogens with one attached hydrogen (secondary N) is 3. The van der Waals surface area contributed by atoms with Gasteiger partial charge in [-0.25, -0.2) is 4.79 Å². The zero-order valence-electron chi connectivity index (χ0n) is 14.4. The van der Waals surface area contributed by atoms with Crippen molar-refractivity contribution in [1.82, 2.24) is 10.6 Å². The summed E-state index contributed by atoms with van der Waals surface area (Å²) in [5.41, 5.74) is 0.661. The topological polar surface area (TPSA) is 92.6 Å². The summed E-state index contributed by atoms with van der Waals surface area (Å²) >= 11 is 0. The molecule has 0 aliphatic carbocycles. The second kappa shape index (κ2) is 9.36. The predicted molar refractivity (Wildman–Crippen MR) is 94.9 cm³/mol. The number of urea groups is 1. The van der Waals surface area contributed by atoms with Crippen molar-refractivity contribution in [2.75, 3.05) is 18.4 Å². The number of anilines is 1. The third-order valence-electron chi connectivity index (χ3n) is 3.47. The van der Waals surface area contributed by atoms with Crippen LogP contribution in [-0.2, 0) is 0 Å². The third kappa shape index (κ3) is 6.21. The van der Waals surface area contributed by atoms with E-state index >= 15 is 0 Å². The molecular weight excluding hydrogens is 322 g/mol. The molecule has 7 nitrogen and oxygen atoms in total. The van der Waals surface area contributed by atoms with Crippen molar-refractivity contribution >= 4 is 17.6 Å². The van der Waals surface area contributed by atoms with E-state index < -0.39 is 0 Å². The molecule has 1 atom stereocenters. The van der Waals surface area contributed by atoms with Crippen molar-refractivity contribution < 1.29 is 18.7 Å². The summed E-state index contributed by atoms with van der Waals surface area (Å²) < 4.78 is 10.7. The molecule has 0 aliphatic rings. The molecule has 2 rings (SSSR count). The highest BCUT2D eigenvalue weighted by Gasteiger charge is 2.07. The average molecular weight is 345 g/mol. The third-order valence-corrected chi connectivity index (χ3v) is 3.47. The molecule has 0 aliphatic heterocycles. The van der Waals surface area contributed by atoms with Gasteiger partial charge in [0.2, 0.25) is 0 Å². The van der Waals surface area contributed by atoms with Crippen LogP contribution in [0.15, 0.2) is 47.1 Å². The van der Waals surface area contributed by atoms with E-state index in [1.807, 2.05) is 19.1 Å². The largest absolute Gasteiger partial charge is 0.491 e. The van der Waals surface area contributed by atoms with Crippen LogP contribution in [0.5, 0.6) is 5.75 Å². The summed E-state index contributed by atoms with van der Waals surface area (Å²) in [6.45, 7) is 4.66. The first-order valence-electron chi connectivity index (χ1n) is 8.21. The van der Waals surface area contributed by atoms with E-state index in [9.17, 15) is 9.59 Å². The van der Waals surface area contributed by atoms with E-state index in [-0.39, 0.29) is 23.8 Å². The van der Waals surface area contributed by atoms with Crippen molar-refractivity contribution in [2.45, 2.75) is 26.4 Å². The van der Waals surface area contributed by atoms with Crippen LogP contribution >= 0.6 is 0 Å². The lowest BCUT2D eigenvalue weighted by atomic mass is 10.3. The predicted octanol–water partition coefficient (Wildman–Crippen LogP) is 3.01. The van der Waals surface area contributed by atoms with Crippen molar-refractivity contribution in [1.29, 1.82) is 0 Å². The summed E-state index contributed by atoms with van der Waals surface area (Å²) in [4.78, 5) is 23.4. The summed E-state index contributed by atoms with van der Waals surface area (Å²) in [5, 5.41) is 8.02. The zero-order valence-corrected chi connectivity index (χ0v) is 14.4. The molecule has 2 aromatic rings. The van der Waals surface area contributed by atoms with Gasteiger partial charge in [0.15, 0.2) is 5.76 Å². The summed E-state index contributed by atoms with van der Waals surface area (Å²) in [6, 6.07) is 10.0. The van der Waals surface area contributed by atoms with Crippen LogP contribution in [0.1, 0.15) is 30.8 Å². The number of hydrogen-bond donors (Lipinski definition) is 3. The van der Waals surface area contributed by atoms with E-state index in [1.54, 1.807) is 24.3 Å². The molecule has 0 bridgehead atoms. The van der Waals surface area contributed by atoms with E-state index in [0.29, 0.717) is 18.8 Å². The molecule has 0 saturated heterocycles. The molecule has 25 heavy (non-hydrogen) atoms. The van der Waals surface area contributed by atoms with Gasteiger partial charge in [0.1, 0.15) is 5.75 Å². The number of benzene rings is 1. The normalized spacial score (nSPS) is 11.4. The molecule has 1 aromatic carbocycles. The van der Waals surface area contributed by atoms with Crippen LogP contribution in [0.25, 0.3) is 0 Å². The molecule has 7 heteroatoms. The minimum atomic E-state index is -0.345. The van der Waals surface area contributed by atoms with Crippen LogP contribution in [0, 0.1) is 0 Å². The Balaban J connectivity index is 1.67. The first-order chi connectivity index (χ1) is 12.1. The molecule has 0 fully saturated rings. The molecule has 0 radical (unpaired) electrons. The Hall–Kier alpha value is -2.96. The highest BCUT2D eigenvalue weighted by atomic mass is 16.5. The maximum absolute atomic E-state index is 11.8. The van der Waals surface area contributed by atoms with Gasteiger partial charge in [-0.3, -0.25) is 4.79 Å². The average Bonchev–Trinajstić information content (AvgIpc) is 3.15. The first-order valence-corrected chi connectivity index (χ1v) is 8.21. The van der Waals surface area contributed by atoms with Gasteiger partial charge in [-0.2, -0.15) is 0 Å². The number of hydrogen-bond acceptors (Lipinski definition) is 4. The van der Waals surface area contributed by atoms with Gasteiger partial charge in [0, 0.05) is 18.8 Å². The Morgan fingerprint density at radius 3 is 2.48 bits per heavy atom. The number of ether oxygens (including phenoxy) is 1. The van der Waals surface area contributed by atoms with E-state index in [0.717, 1.165) is 12.2 Å². The van der Waals surface area contributed by atoms with E-state index in [4.69, 9.17) is 9.15 Å². The van der Waals surface area contributed by atoms with E-state index in [1.165, 1.54) is 6.26 Å². The van der Waals surface area contributed by atoms with Gasteiger partial charge in [0.25, 0.3) is 5.91 Å². The number of carbonyl (C=O) groups excluding carboxylic acids is 2. The molecule has 1 aromatic heterocycles. The van der Waals surface area contributed by atoms with Crippen molar-refractivity contribution in [3.63, 3.8) is 0 Å². The van der Waals surface area contributed by atoms with Gasteiger partial charge in [0.05, 0.1) is 12.4 Å². The lowest BCUT2D eigenvalue weighted by molar-refractivity contribution is 0.0926. The Kier molecular flexibility index (Phi) is 6.88. The standard InChI is InChI=1S/C18H23N3O4/c1-3-13(2)25-15-8-6-14(7-9-15)21-18(23)20-11-10-19-17(22)16-5-4-12-24-16/h4-9,12-13H,3,10-11H2,1-2H3,(H,19,22)(H2,20,21,23). The van der Waals surface area contributed by atoms with Crippen molar-refractivity contribution in [2.24, 2.45) is 0 Å². The smallest absolute Gasteiger partial charge is 0.319 e. The molecule has 3 N–H and O–H groups in total. The summed E-state index contributed by atoms with van der Waals surface area (Å²) in [7, 11) is 0. The maximum atomic E-state index is 11.8. The number of carbonyl (C=O) groups is 2. The minimum Gasteiger partial charge on any atom is -0.491 e. The molecular formula is C18H23N3O4. The first kappa shape index (κ1) is 18.4. The fourth-order valence-electron chi connectivity index (χ4n) is 1.95. The second-order valence-corrected chi connectivity index (χ2v) is 5.48. The fourth-order valence-corrected chi connectivity index (χ4v) is 1.95. The molecule has 0 saturated carbocycles. The monoisotopic (exact) mass is 345 g/mol. The van der Waals surface area contributed by atoms with Crippen LogP contribution < -0.4 is 20.7 Å². The van der Waals surface area contributed by atoms with Gasteiger partial charge in [-0.15, -0.1) is 0 Å². The highest BCUT2D eigenvalue weighted by molar-refractivity contribution is 5.91. The van der Waals surface area contributed by atoms with Gasteiger partial charge in [-0.1, -0.05) is 6.92 Å². The van der Waals surface area contributed by atoms with Crippen LogP contribution in [0.4, 0.5) is 10.5 Å². The summed E-state index contributed by atoms with van der Waals surface area (Å²) in [5.74, 6) is 0.689. The van der Waals surface area contributed by atoms with Crippen molar-refractivity contribution in [3.8, 4) is 5.75 Å². The van der Waals surface area contributed by atoms with Gasteiger partial charge >= 0.3 is 6.03 Å². The van der Waals surface area contributed by atoms with Crippen LogP contribution in [-0.4, -0.2) is 31.1 Å².